The molecule has 2 aromatic carbocycles. The van der Waals surface area contributed by atoms with E-state index in [0.717, 1.165) is 17.7 Å². The van der Waals surface area contributed by atoms with Crippen molar-refractivity contribution in [1.29, 1.82) is 0 Å². The Balaban J connectivity index is 0.000000631. The average molecular weight is 599 g/mol. The number of pyridine rings is 1. The minimum absolute atomic E-state index is 0.000297. The van der Waals surface area contributed by atoms with Gasteiger partial charge < -0.3 is 9.54 Å². The quantitative estimate of drug-likeness (QED) is 0.212. The van der Waals surface area contributed by atoms with Crippen molar-refractivity contribution < 1.29 is 35.0 Å². The molecule has 0 atom stereocenters. The zero-order valence-electron chi connectivity index (χ0n) is 20.7. The van der Waals surface area contributed by atoms with Gasteiger partial charge in [0.2, 0.25) is 15.8 Å². The Morgan fingerprint density at radius 1 is 1.05 bits per heavy atom. The van der Waals surface area contributed by atoms with Crippen LogP contribution < -0.4 is 4.72 Å². The monoisotopic (exact) mass is 598 g/mol. The highest BCUT2D eigenvalue weighted by Gasteiger charge is 2.26. The highest BCUT2D eigenvalue weighted by atomic mass is 35.5. The van der Waals surface area contributed by atoms with Gasteiger partial charge in [0.05, 0.1) is 27.1 Å². The maximum Gasteiger partial charge on any atom is 0.232 e. The van der Waals surface area contributed by atoms with E-state index in [9.17, 15) is 30.6 Å². The molecular formula is C25H23ClF2N3O6S2-. The van der Waals surface area contributed by atoms with Crippen LogP contribution in [0.3, 0.4) is 0 Å². The van der Waals surface area contributed by atoms with Crippen molar-refractivity contribution in [3.8, 4) is 11.1 Å². The molecule has 0 radical (unpaired) electrons. The van der Waals surface area contributed by atoms with E-state index in [2.05, 4.69) is 14.7 Å². The van der Waals surface area contributed by atoms with Crippen LogP contribution in [0.2, 0.25) is 5.02 Å². The summed E-state index contributed by atoms with van der Waals surface area (Å²) < 4.78 is 84.1. The second kappa shape index (κ2) is 12.2. The van der Waals surface area contributed by atoms with E-state index in [-0.39, 0.29) is 17.1 Å². The molecule has 39 heavy (non-hydrogen) atoms. The largest absolute Gasteiger partial charge is 0.748 e. The summed E-state index contributed by atoms with van der Waals surface area (Å²) in [5.41, 5.74) is 0.474. The number of rotatable bonds is 8. The molecule has 2 heterocycles. The van der Waals surface area contributed by atoms with Gasteiger partial charge in [0.25, 0.3) is 0 Å². The number of fused-ring (bicyclic) bond motifs is 1. The fraction of sp³-hybridized carbons (Fsp3) is 0.200. The Bertz CT molecular complexity index is 1720. The molecule has 0 saturated heterocycles. The summed E-state index contributed by atoms with van der Waals surface area (Å²) in [6.07, 6.45) is 3.22. The number of H-pyrrole nitrogens is 1. The standard InChI is InChI=1S/C23H18ClF2N3O3S.C2H6O3S/c1-2-9-33(31,32)29-19-8-7-18(25)20(21(19)26)22(30)17-12-28-23-16(17)10-14(11-27-23)13-3-5-15(24)6-4-13;1-2-6(3,4)5/h3-8,10-12,29H,2,9H2,1H3,(H,27,28);2H2,1H3,(H,3,4,5)/p-1. The fourth-order valence-corrected chi connectivity index (χ4v) is 4.71. The van der Waals surface area contributed by atoms with E-state index in [1.165, 1.54) is 13.1 Å². The third-order valence-corrected chi connectivity index (χ3v) is 7.80. The Hall–Kier alpha value is -3.39. The Morgan fingerprint density at radius 3 is 2.28 bits per heavy atom. The zero-order valence-corrected chi connectivity index (χ0v) is 23.1. The van der Waals surface area contributed by atoms with Crippen molar-refractivity contribution in [1.82, 2.24) is 9.97 Å². The van der Waals surface area contributed by atoms with Crippen molar-refractivity contribution >= 4 is 54.2 Å². The van der Waals surface area contributed by atoms with Crippen molar-refractivity contribution in [2.75, 3.05) is 16.2 Å². The minimum Gasteiger partial charge on any atom is -0.748 e. The van der Waals surface area contributed by atoms with Crippen LogP contribution in [-0.4, -0.2) is 48.6 Å². The molecular weight excluding hydrogens is 576 g/mol. The van der Waals surface area contributed by atoms with E-state index in [0.29, 0.717) is 28.0 Å². The number of hydrogen-bond acceptors (Lipinski definition) is 7. The van der Waals surface area contributed by atoms with E-state index >= 15 is 4.39 Å². The van der Waals surface area contributed by atoms with E-state index in [4.69, 9.17) is 11.6 Å². The number of benzene rings is 2. The van der Waals surface area contributed by atoms with Gasteiger partial charge in [0, 0.05) is 39.7 Å². The van der Waals surface area contributed by atoms with Crippen molar-refractivity contribution in [2.24, 2.45) is 0 Å². The number of anilines is 1. The summed E-state index contributed by atoms with van der Waals surface area (Å²) in [6, 6.07) is 10.5. The molecule has 2 aromatic heterocycles. The lowest BCUT2D eigenvalue weighted by Crippen LogP contribution is -2.18. The molecule has 208 valence electrons. The Labute approximate surface area is 229 Å². The molecule has 9 nitrogen and oxygen atoms in total. The number of aromatic amines is 1. The van der Waals surface area contributed by atoms with Gasteiger partial charge in [-0.2, -0.15) is 0 Å². The van der Waals surface area contributed by atoms with Crippen LogP contribution in [-0.2, 0) is 20.1 Å². The van der Waals surface area contributed by atoms with Crippen molar-refractivity contribution in [3.05, 3.63) is 82.6 Å². The molecule has 0 bridgehead atoms. The molecule has 4 rings (SSSR count). The van der Waals surface area contributed by atoms with Gasteiger partial charge in [-0.3, -0.25) is 9.52 Å². The summed E-state index contributed by atoms with van der Waals surface area (Å²) in [5, 5.41) is 0.925. The van der Waals surface area contributed by atoms with Crippen molar-refractivity contribution in [2.45, 2.75) is 20.3 Å². The van der Waals surface area contributed by atoms with E-state index in [1.54, 1.807) is 43.5 Å². The van der Waals surface area contributed by atoms with Gasteiger partial charge in [0.15, 0.2) is 5.82 Å². The molecule has 0 aliphatic heterocycles. The number of aromatic nitrogens is 2. The predicted molar refractivity (Wildman–Crippen MR) is 144 cm³/mol. The van der Waals surface area contributed by atoms with E-state index < -0.39 is 48.8 Å². The lowest BCUT2D eigenvalue weighted by molar-refractivity contribution is 0.103. The lowest BCUT2D eigenvalue weighted by atomic mass is 10.00. The number of halogens is 3. The van der Waals surface area contributed by atoms with Gasteiger partial charge in [-0.15, -0.1) is 0 Å². The molecule has 14 heteroatoms. The molecule has 0 aliphatic rings. The molecule has 0 spiro atoms. The number of nitrogens with zero attached hydrogens (tertiary/aromatic N) is 1. The van der Waals surface area contributed by atoms with Crippen LogP contribution in [0.15, 0.2) is 54.9 Å². The van der Waals surface area contributed by atoms with E-state index in [1.807, 2.05) is 0 Å². The number of sulfonamides is 1. The topological polar surface area (TPSA) is 149 Å². The third-order valence-electron chi connectivity index (χ3n) is 5.36. The smallest absolute Gasteiger partial charge is 0.232 e. The van der Waals surface area contributed by atoms with Gasteiger partial charge in [-0.05, 0) is 42.3 Å². The number of hydrogen-bond donors (Lipinski definition) is 2. The fourth-order valence-electron chi connectivity index (χ4n) is 3.45. The van der Waals surface area contributed by atoms with Gasteiger partial charge >= 0.3 is 0 Å². The highest BCUT2D eigenvalue weighted by Crippen LogP contribution is 2.30. The summed E-state index contributed by atoms with van der Waals surface area (Å²) in [4.78, 5) is 20.3. The normalized spacial score (nSPS) is 11.6. The Morgan fingerprint density at radius 2 is 1.69 bits per heavy atom. The summed E-state index contributed by atoms with van der Waals surface area (Å²) >= 11 is 5.93. The molecule has 0 unspecified atom stereocenters. The minimum atomic E-state index is -3.91. The predicted octanol–water partition coefficient (Wildman–Crippen LogP) is 5.10. The molecule has 0 aliphatic carbocycles. The van der Waals surface area contributed by atoms with Gasteiger partial charge in [0.1, 0.15) is 11.5 Å². The SMILES string of the molecule is CCCS(=O)(=O)Nc1ccc(F)c(C(=O)c2c[nH]c3ncc(-c4ccc(Cl)cc4)cc23)c1F.CCS(=O)(=O)[O-]. The summed E-state index contributed by atoms with van der Waals surface area (Å²) in [7, 11) is -7.75. The lowest BCUT2D eigenvalue weighted by Gasteiger charge is -2.11. The third kappa shape index (κ3) is 7.60. The van der Waals surface area contributed by atoms with Gasteiger partial charge in [-0.25, -0.2) is 30.6 Å². The summed E-state index contributed by atoms with van der Waals surface area (Å²) in [5.74, 6) is -3.88. The van der Waals surface area contributed by atoms with Crippen LogP contribution in [0.4, 0.5) is 14.5 Å². The average Bonchev–Trinajstić information content (AvgIpc) is 3.29. The first-order valence-corrected chi connectivity index (χ1v) is 15.1. The summed E-state index contributed by atoms with van der Waals surface area (Å²) in [6.45, 7) is 2.96. The second-order valence-electron chi connectivity index (χ2n) is 8.21. The maximum absolute atomic E-state index is 15.1. The van der Waals surface area contributed by atoms with Crippen LogP contribution in [0.5, 0.6) is 0 Å². The maximum atomic E-state index is 15.1. The van der Waals surface area contributed by atoms with Crippen LogP contribution in [0.25, 0.3) is 22.2 Å². The van der Waals surface area contributed by atoms with Crippen molar-refractivity contribution in [3.63, 3.8) is 0 Å². The van der Waals surface area contributed by atoms with Gasteiger partial charge in [-0.1, -0.05) is 37.6 Å². The number of carbonyl (C=O) groups is 1. The Kier molecular flexibility index (Phi) is 9.43. The zero-order chi connectivity index (χ0) is 29.0. The number of carbonyl (C=O) groups excluding carboxylic acids is 1. The highest BCUT2D eigenvalue weighted by molar-refractivity contribution is 7.92. The molecule has 4 aromatic rings. The van der Waals surface area contributed by atoms with Crippen LogP contribution >= 0.6 is 11.6 Å². The van der Waals surface area contributed by atoms with Crippen LogP contribution in [0, 0.1) is 11.6 Å². The molecule has 0 saturated carbocycles. The van der Waals surface area contributed by atoms with Crippen LogP contribution in [0.1, 0.15) is 36.2 Å². The molecule has 0 fully saturated rings. The second-order valence-corrected chi connectivity index (χ2v) is 12.2. The molecule has 0 amide bonds. The molecule has 2 N–H and O–H groups in total. The first-order chi connectivity index (χ1) is 18.3. The number of nitrogens with one attached hydrogen (secondary N) is 2. The first kappa shape index (κ1) is 30.2. The number of ketones is 1. The first-order valence-electron chi connectivity index (χ1n) is 11.5.